The van der Waals surface area contributed by atoms with Crippen LogP contribution in [0.15, 0.2) is 49.3 Å². The largest absolute Gasteiger partial charge is 0.338 e. The Balaban J connectivity index is 1.67. The molecule has 0 unspecified atom stereocenters. The third-order valence-corrected chi connectivity index (χ3v) is 4.84. The minimum atomic E-state index is 0.0880. The van der Waals surface area contributed by atoms with E-state index >= 15 is 0 Å². The van der Waals surface area contributed by atoms with Crippen LogP contribution in [0.1, 0.15) is 18.2 Å². The summed E-state index contributed by atoms with van der Waals surface area (Å²) in [5.74, 6) is 0.882. The molecule has 0 aliphatic carbocycles. The topological polar surface area (TPSA) is 78.8 Å². The van der Waals surface area contributed by atoms with Crippen molar-refractivity contribution in [2.45, 2.75) is 26.4 Å². The normalized spacial score (nSPS) is 13.3. The molecular weight excluding hydrogens is 340 g/mol. The van der Waals surface area contributed by atoms with Crippen molar-refractivity contribution < 1.29 is 4.79 Å². The quantitative estimate of drug-likeness (QED) is 0.684. The highest BCUT2D eigenvalue weighted by Gasteiger charge is 2.26. The molecular formula is C20H22N6O. The van der Waals surface area contributed by atoms with Gasteiger partial charge >= 0.3 is 0 Å². The number of carbonyl (C=O) groups is 1. The fourth-order valence-corrected chi connectivity index (χ4v) is 3.46. The second-order valence-corrected chi connectivity index (χ2v) is 6.63. The second-order valence-electron chi connectivity index (χ2n) is 6.63. The van der Waals surface area contributed by atoms with E-state index in [-0.39, 0.29) is 5.91 Å². The molecule has 0 radical (unpaired) electrons. The second kappa shape index (κ2) is 7.11. The van der Waals surface area contributed by atoms with Crippen molar-refractivity contribution in [1.82, 2.24) is 24.9 Å². The van der Waals surface area contributed by atoms with Gasteiger partial charge in [0.1, 0.15) is 0 Å². The molecule has 0 fully saturated rings. The Morgan fingerprint density at radius 3 is 3.04 bits per heavy atom. The van der Waals surface area contributed by atoms with Crippen LogP contribution in [0, 0.1) is 0 Å². The maximum absolute atomic E-state index is 11.8. The zero-order valence-corrected chi connectivity index (χ0v) is 15.3. The molecule has 7 nitrogen and oxygen atoms in total. The maximum Gasteiger partial charge on any atom is 0.219 e. The van der Waals surface area contributed by atoms with Gasteiger partial charge in [-0.15, -0.1) is 6.58 Å². The molecule has 3 aromatic rings. The van der Waals surface area contributed by atoms with Crippen molar-refractivity contribution >= 4 is 17.4 Å². The summed E-state index contributed by atoms with van der Waals surface area (Å²) in [6, 6.07) is 8.11. The van der Waals surface area contributed by atoms with E-state index in [0.717, 1.165) is 41.2 Å². The standard InChI is InChI=1S/C20H22N6O/c1-3-8-26-19-7-9-25(14(2)27)13-18(19)20(24-26)23-17-6-4-5-15(10-17)16-11-21-22-12-16/h3-6,10-12H,1,7-9,13H2,2H3,(H,21,22)(H,23,24). The number of benzene rings is 1. The number of nitrogens with zero attached hydrogens (tertiary/aromatic N) is 4. The number of hydrogen-bond donors (Lipinski definition) is 2. The summed E-state index contributed by atoms with van der Waals surface area (Å²) in [5.41, 5.74) is 5.28. The SMILES string of the molecule is C=CCn1nc(Nc2cccc(-c3cn[nH]c3)c2)c2c1CCN(C(C)=O)C2. The summed E-state index contributed by atoms with van der Waals surface area (Å²) < 4.78 is 1.97. The van der Waals surface area contributed by atoms with Gasteiger partial charge in [0, 0.05) is 48.6 Å². The molecule has 1 aliphatic heterocycles. The molecule has 27 heavy (non-hydrogen) atoms. The molecule has 0 spiro atoms. The van der Waals surface area contributed by atoms with Crippen LogP contribution in [0.2, 0.25) is 0 Å². The zero-order valence-electron chi connectivity index (χ0n) is 15.3. The minimum Gasteiger partial charge on any atom is -0.338 e. The van der Waals surface area contributed by atoms with E-state index in [9.17, 15) is 4.79 Å². The van der Waals surface area contributed by atoms with Crippen LogP contribution >= 0.6 is 0 Å². The van der Waals surface area contributed by atoms with Crippen molar-refractivity contribution in [1.29, 1.82) is 0 Å². The molecule has 4 rings (SSSR count). The van der Waals surface area contributed by atoms with Gasteiger partial charge in [-0.05, 0) is 17.7 Å². The maximum atomic E-state index is 11.8. The first-order valence-electron chi connectivity index (χ1n) is 8.97. The van der Waals surface area contributed by atoms with Crippen molar-refractivity contribution in [2.24, 2.45) is 0 Å². The lowest BCUT2D eigenvalue weighted by molar-refractivity contribution is -0.129. The molecule has 0 bridgehead atoms. The molecule has 0 saturated carbocycles. The average Bonchev–Trinajstić information content (AvgIpc) is 3.31. The molecule has 1 aliphatic rings. The number of hydrogen-bond acceptors (Lipinski definition) is 4. The summed E-state index contributed by atoms with van der Waals surface area (Å²) in [7, 11) is 0. The number of nitrogens with one attached hydrogen (secondary N) is 2. The number of amides is 1. The predicted molar refractivity (Wildman–Crippen MR) is 105 cm³/mol. The Kier molecular flexibility index (Phi) is 4.50. The van der Waals surface area contributed by atoms with Gasteiger partial charge in [0.15, 0.2) is 5.82 Å². The van der Waals surface area contributed by atoms with Crippen LogP contribution in [0.25, 0.3) is 11.1 Å². The highest BCUT2D eigenvalue weighted by molar-refractivity contribution is 5.75. The summed E-state index contributed by atoms with van der Waals surface area (Å²) in [6.07, 6.45) is 6.30. The first-order chi connectivity index (χ1) is 13.2. The smallest absolute Gasteiger partial charge is 0.219 e. The number of aromatic nitrogens is 4. The Hall–Kier alpha value is -3.35. The zero-order chi connectivity index (χ0) is 18.8. The molecule has 2 aromatic heterocycles. The summed E-state index contributed by atoms with van der Waals surface area (Å²) in [4.78, 5) is 13.7. The van der Waals surface area contributed by atoms with E-state index in [4.69, 9.17) is 5.10 Å². The number of allylic oxidation sites excluding steroid dienone is 1. The lowest BCUT2D eigenvalue weighted by Gasteiger charge is -2.26. The predicted octanol–water partition coefficient (Wildman–Crippen LogP) is 3.11. The van der Waals surface area contributed by atoms with Crippen LogP contribution in [-0.4, -0.2) is 37.3 Å². The van der Waals surface area contributed by atoms with Gasteiger partial charge in [0.2, 0.25) is 5.91 Å². The van der Waals surface area contributed by atoms with E-state index in [1.54, 1.807) is 13.1 Å². The first kappa shape index (κ1) is 17.1. The number of H-pyrrole nitrogens is 1. The summed E-state index contributed by atoms with van der Waals surface area (Å²) >= 11 is 0. The molecule has 2 N–H and O–H groups in total. The number of rotatable bonds is 5. The molecule has 1 amide bonds. The van der Waals surface area contributed by atoms with Gasteiger partial charge in [-0.2, -0.15) is 10.2 Å². The van der Waals surface area contributed by atoms with Gasteiger partial charge in [0.05, 0.1) is 19.3 Å². The van der Waals surface area contributed by atoms with Gasteiger partial charge in [-0.1, -0.05) is 18.2 Å². The lowest BCUT2D eigenvalue weighted by Crippen LogP contribution is -2.34. The average molecular weight is 362 g/mol. The third-order valence-electron chi connectivity index (χ3n) is 4.84. The highest BCUT2D eigenvalue weighted by Crippen LogP contribution is 2.30. The molecule has 3 heterocycles. The summed E-state index contributed by atoms with van der Waals surface area (Å²) in [6.45, 7) is 7.39. The molecule has 0 atom stereocenters. The van der Waals surface area contributed by atoms with Gasteiger partial charge < -0.3 is 10.2 Å². The first-order valence-corrected chi connectivity index (χ1v) is 8.97. The van der Waals surface area contributed by atoms with E-state index in [2.05, 4.69) is 28.2 Å². The minimum absolute atomic E-state index is 0.0880. The number of carbonyl (C=O) groups excluding carboxylic acids is 1. The third kappa shape index (κ3) is 3.36. The number of fused-ring (bicyclic) bond motifs is 1. The van der Waals surface area contributed by atoms with Crippen LogP contribution in [0.3, 0.4) is 0 Å². The highest BCUT2D eigenvalue weighted by atomic mass is 16.2. The Bertz CT molecular complexity index is 973. The van der Waals surface area contributed by atoms with E-state index in [0.29, 0.717) is 13.1 Å². The van der Waals surface area contributed by atoms with Crippen molar-refractivity contribution in [3.8, 4) is 11.1 Å². The molecule has 1 aromatic carbocycles. The molecule has 0 saturated heterocycles. The van der Waals surface area contributed by atoms with Crippen molar-refractivity contribution in [2.75, 3.05) is 11.9 Å². The fourth-order valence-electron chi connectivity index (χ4n) is 3.46. The van der Waals surface area contributed by atoms with E-state index in [1.807, 2.05) is 40.1 Å². The fraction of sp³-hybridized carbons (Fsp3) is 0.250. The monoisotopic (exact) mass is 362 g/mol. The molecule has 138 valence electrons. The van der Waals surface area contributed by atoms with Crippen LogP contribution in [-0.2, 0) is 24.3 Å². The van der Waals surface area contributed by atoms with Gasteiger partial charge in [-0.3, -0.25) is 14.6 Å². The lowest BCUT2D eigenvalue weighted by atomic mass is 10.1. The van der Waals surface area contributed by atoms with Crippen molar-refractivity contribution in [3.05, 3.63) is 60.6 Å². The Labute approximate surface area is 157 Å². The Morgan fingerprint density at radius 2 is 2.30 bits per heavy atom. The van der Waals surface area contributed by atoms with Crippen LogP contribution in [0.4, 0.5) is 11.5 Å². The number of aromatic amines is 1. The van der Waals surface area contributed by atoms with Crippen LogP contribution < -0.4 is 5.32 Å². The Morgan fingerprint density at radius 1 is 1.41 bits per heavy atom. The van der Waals surface area contributed by atoms with Gasteiger partial charge in [0.25, 0.3) is 0 Å². The molecule has 7 heteroatoms. The van der Waals surface area contributed by atoms with Gasteiger partial charge in [-0.25, -0.2) is 0 Å². The summed E-state index contributed by atoms with van der Waals surface area (Å²) in [5, 5.41) is 15.0. The van der Waals surface area contributed by atoms with E-state index < -0.39 is 0 Å². The number of anilines is 2. The van der Waals surface area contributed by atoms with E-state index in [1.165, 1.54) is 5.69 Å². The van der Waals surface area contributed by atoms with Crippen LogP contribution in [0.5, 0.6) is 0 Å². The van der Waals surface area contributed by atoms with Crippen molar-refractivity contribution in [3.63, 3.8) is 0 Å².